The largest absolute Gasteiger partial charge is 0.444 e. The molecule has 0 radical (unpaired) electrons. The summed E-state index contributed by atoms with van der Waals surface area (Å²) in [6.45, 7) is 6.30. The van der Waals surface area contributed by atoms with Crippen molar-refractivity contribution in [3.63, 3.8) is 0 Å². The van der Waals surface area contributed by atoms with Crippen LogP contribution in [0.1, 0.15) is 44.0 Å². The van der Waals surface area contributed by atoms with Crippen LogP contribution in [0.25, 0.3) is 0 Å². The fourth-order valence-corrected chi connectivity index (χ4v) is 2.47. The first-order chi connectivity index (χ1) is 11.2. The monoisotopic (exact) mass is 340 g/mol. The molecule has 1 aliphatic rings. The molecule has 1 saturated heterocycles. The molecule has 2 amide bonds. The van der Waals surface area contributed by atoms with Crippen LogP contribution < -0.4 is 5.32 Å². The molecule has 7 heteroatoms. The lowest BCUT2D eigenvalue weighted by Crippen LogP contribution is -2.47. The zero-order valence-corrected chi connectivity index (χ0v) is 14.1. The van der Waals surface area contributed by atoms with Crippen LogP contribution in [-0.4, -0.2) is 41.6 Å². The molecule has 0 bridgehead atoms. The van der Waals surface area contributed by atoms with Crippen molar-refractivity contribution in [3.05, 3.63) is 35.4 Å². The van der Waals surface area contributed by atoms with Crippen molar-refractivity contribution in [1.82, 2.24) is 10.2 Å². The van der Waals surface area contributed by atoms with Crippen LogP contribution in [0.5, 0.6) is 0 Å². The molecule has 1 heterocycles. The summed E-state index contributed by atoms with van der Waals surface area (Å²) in [6, 6.07) is 2.68. The SMILES string of the molecule is CC(C)(C)OC(=O)N1CCC(NC(=O)c2ccc(F)cc2F)CC1. The van der Waals surface area contributed by atoms with E-state index in [1.165, 1.54) is 0 Å². The molecule has 24 heavy (non-hydrogen) atoms. The van der Waals surface area contributed by atoms with Gasteiger partial charge < -0.3 is 15.0 Å². The number of carbonyl (C=O) groups excluding carboxylic acids is 2. The summed E-state index contributed by atoms with van der Waals surface area (Å²) in [6.07, 6.45) is 0.721. The average molecular weight is 340 g/mol. The van der Waals surface area contributed by atoms with E-state index < -0.39 is 23.1 Å². The van der Waals surface area contributed by atoms with Gasteiger partial charge in [0.25, 0.3) is 5.91 Å². The Morgan fingerprint density at radius 2 is 1.83 bits per heavy atom. The summed E-state index contributed by atoms with van der Waals surface area (Å²) in [7, 11) is 0. The molecule has 2 rings (SSSR count). The number of rotatable bonds is 2. The third-order valence-electron chi connectivity index (χ3n) is 3.66. The quantitative estimate of drug-likeness (QED) is 0.900. The Hall–Kier alpha value is -2.18. The van der Waals surface area contributed by atoms with E-state index in [1.54, 1.807) is 25.7 Å². The molecule has 0 atom stereocenters. The highest BCUT2D eigenvalue weighted by atomic mass is 19.1. The minimum absolute atomic E-state index is 0.166. The van der Waals surface area contributed by atoms with Gasteiger partial charge in [-0.05, 0) is 45.7 Å². The van der Waals surface area contributed by atoms with Crippen molar-refractivity contribution in [1.29, 1.82) is 0 Å². The molecule has 0 aromatic heterocycles. The van der Waals surface area contributed by atoms with Crippen molar-refractivity contribution in [2.75, 3.05) is 13.1 Å². The third kappa shape index (κ3) is 4.91. The highest BCUT2D eigenvalue weighted by molar-refractivity contribution is 5.94. The lowest BCUT2D eigenvalue weighted by Gasteiger charge is -2.33. The maximum absolute atomic E-state index is 13.6. The predicted molar refractivity (Wildman–Crippen MR) is 84.7 cm³/mol. The number of hydrogen-bond donors (Lipinski definition) is 1. The van der Waals surface area contributed by atoms with E-state index in [-0.39, 0.29) is 17.7 Å². The van der Waals surface area contributed by atoms with E-state index in [9.17, 15) is 18.4 Å². The zero-order valence-electron chi connectivity index (χ0n) is 14.1. The van der Waals surface area contributed by atoms with Gasteiger partial charge in [0.2, 0.25) is 0 Å². The third-order valence-corrected chi connectivity index (χ3v) is 3.66. The molecule has 0 spiro atoms. The maximum Gasteiger partial charge on any atom is 0.410 e. The molecule has 0 aliphatic carbocycles. The van der Waals surface area contributed by atoms with Crippen molar-refractivity contribution in [3.8, 4) is 0 Å². The van der Waals surface area contributed by atoms with Crippen LogP contribution in [0, 0.1) is 11.6 Å². The van der Waals surface area contributed by atoms with Gasteiger partial charge in [-0.3, -0.25) is 4.79 Å². The molecule has 5 nitrogen and oxygen atoms in total. The lowest BCUT2D eigenvalue weighted by molar-refractivity contribution is 0.0199. The standard InChI is InChI=1S/C17H22F2N2O3/c1-17(2,3)24-16(23)21-8-6-12(7-9-21)20-15(22)13-5-4-11(18)10-14(13)19/h4-5,10,12H,6-9H2,1-3H3,(H,20,22). The average Bonchev–Trinajstić information content (AvgIpc) is 2.45. The number of nitrogens with one attached hydrogen (secondary N) is 1. The molecule has 1 fully saturated rings. The zero-order chi connectivity index (χ0) is 17.9. The molecule has 132 valence electrons. The second kappa shape index (κ2) is 7.15. The van der Waals surface area contributed by atoms with Crippen LogP contribution in [0.2, 0.25) is 0 Å². The van der Waals surface area contributed by atoms with Crippen LogP contribution >= 0.6 is 0 Å². The molecule has 1 aromatic rings. The Bertz CT molecular complexity index is 621. The van der Waals surface area contributed by atoms with Crippen LogP contribution in [-0.2, 0) is 4.74 Å². The molecule has 0 unspecified atom stereocenters. The number of piperidine rings is 1. The maximum atomic E-state index is 13.6. The van der Waals surface area contributed by atoms with E-state index in [4.69, 9.17) is 4.74 Å². The highest BCUT2D eigenvalue weighted by Gasteiger charge is 2.28. The van der Waals surface area contributed by atoms with Gasteiger partial charge in [0.05, 0.1) is 5.56 Å². The fourth-order valence-electron chi connectivity index (χ4n) is 2.47. The second-order valence-electron chi connectivity index (χ2n) is 6.84. The molecule has 1 aromatic carbocycles. The number of likely N-dealkylation sites (tertiary alicyclic amines) is 1. The summed E-state index contributed by atoms with van der Waals surface area (Å²) in [5.41, 5.74) is -0.742. The Morgan fingerprint density at radius 1 is 1.21 bits per heavy atom. The summed E-state index contributed by atoms with van der Waals surface area (Å²) < 4.78 is 31.8. The number of nitrogens with zero attached hydrogens (tertiary/aromatic N) is 1. The van der Waals surface area contributed by atoms with E-state index >= 15 is 0 Å². The van der Waals surface area contributed by atoms with E-state index in [1.807, 2.05) is 0 Å². The van der Waals surface area contributed by atoms with E-state index in [0.717, 1.165) is 12.1 Å². The fraction of sp³-hybridized carbons (Fsp3) is 0.529. The Kier molecular flexibility index (Phi) is 5.41. The molecular weight excluding hydrogens is 318 g/mol. The van der Waals surface area contributed by atoms with Gasteiger partial charge in [-0.1, -0.05) is 0 Å². The minimum Gasteiger partial charge on any atom is -0.444 e. The first-order valence-electron chi connectivity index (χ1n) is 7.89. The summed E-state index contributed by atoms with van der Waals surface area (Å²) in [4.78, 5) is 25.6. The van der Waals surface area contributed by atoms with Crippen molar-refractivity contribution in [2.24, 2.45) is 0 Å². The topological polar surface area (TPSA) is 58.6 Å². The van der Waals surface area contributed by atoms with Crippen molar-refractivity contribution >= 4 is 12.0 Å². The van der Waals surface area contributed by atoms with Gasteiger partial charge in [-0.15, -0.1) is 0 Å². The number of benzene rings is 1. The minimum atomic E-state index is -0.890. The normalized spacial score (nSPS) is 16.0. The Labute approximate surface area is 140 Å². The van der Waals surface area contributed by atoms with Gasteiger partial charge in [-0.25, -0.2) is 13.6 Å². The summed E-state index contributed by atoms with van der Waals surface area (Å²) in [5, 5.41) is 2.72. The first-order valence-corrected chi connectivity index (χ1v) is 7.89. The molecular formula is C17H22F2N2O3. The number of halogens is 2. The number of carbonyl (C=O) groups is 2. The smallest absolute Gasteiger partial charge is 0.410 e. The van der Waals surface area contributed by atoms with E-state index in [0.29, 0.717) is 32.0 Å². The molecule has 0 saturated carbocycles. The van der Waals surface area contributed by atoms with Gasteiger partial charge in [0, 0.05) is 25.2 Å². The van der Waals surface area contributed by atoms with Crippen LogP contribution in [0.3, 0.4) is 0 Å². The van der Waals surface area contributed by atoms with Gasteiger partial charge >= 0.3 is 6.09 Å². The number of ether oxygens (including phenoxy) is 1. The van der Waals surface area contributed by atoms with E-state index in [2.05, 4.69) is 5.32 Å². The molecule has 1 aliphatic heterocycles. The van der Waals surface area contributed by atoms with Crippen LogP contribution in [0.4, 0.5) is 13.6 Å². The van der Waals surface area contributed by atoms with Crippen LogP contribution in [0.15, 0.2) is 18.2 Å². The second-order valence-corrected chi connectivity index (χ2v) is 6.84. The predicted octanol–water partition coefficient (Wildman–Crippen LogP) is 3.09. The number of hydrogen-bond acceptors (Lipinski definition) is 3. The van der Waals surface area contributed by atoms with Gasteiger partial charge in [-0.2, -0.15) is 0 Å². The lowest BCUT2D eigenvalue weighted by atomic mass is 10.0. The Morgan fingerprint density at radius 3 is 2.38 bits per heavy atom. The highest BCUT2D eigenvalue weighted by Crippen LogP contribution is 2.16. The van der Waals surface area contributed by atoms with Gasteiger partial charge in [0.15, 0.2) is 0 Å². The van der Waals surface area contributed by atoms with Gasteiger partial charge in [0.1, 0.15) is 17.2 Å². The summed E-state index contributed by atoms with van der Waals surface area (Å²) >= 11 is 0. The summed E-state index contributed by atoms with van der Waals surface area (Å²) in [5.74, 6) is -2.20. The van der Waals surface area contributed by atoms with Crippen molar-refractivity contribution in [2.45, 2.75) is 45.3 Å². The first kappa shape index (κ1) is 18.2. The number of amides is 2. The van der Waals surface area contributed by atoms with Crippen molar-refractivity contribution < 1.29 is 23.1 Å². The Balaban J connectivity index is 1.86. The molecule has 1 N–H and O–H groups in total.